The van der Waals surface area contributed by atoms with Crippen LogP contribution in [-0.4, -0.2) is 40.2 Å². The van der Waals surface area contributed by atoms with Crippen LogP contribution in [0.25, 0.3) is 0 Å². The van der Waals surface area contributed by atoms with Gasteiger partial charge >= 0.3 is 12.0 Å². The van der Waals surface area contributed by atoms with Gasteiger partial charge in [0.1, 0.15) is 0 Å². The van der Waals surface area contributed by atoms with Crippen LogP contribution in [0.1, 0.15) is 27.1 Å². The minimum Gasteiger partial charge on any atom is -0.481 e. The average molecular weight is 280 g/mol. The van der Waals surface area contributed by atoms with Crippen LogP contribution in [0, 0.1) is 10.1 Å². The van der Waals surface area contributed by atoms with Gasteiger partial charge in [-0.1, -0.05) is 24.3 Å². The number of carboxylic acids is 1. The molecule has 0 saturated carbocycles. The first-order chi connectivity index (χ1) is 9.40. The Hall–Kier alpha value is -2.61. The smallest absolute Gasteiger partial charge is 0.336 e. The molecule has 3 N–H and O–H groups in total. The van der Waals surface area contributed by atoms with Crippen molar-refractivity contribution in [2.45, 2.75) is 12.5 Å². The van der Waals surface area contributed by atoms with Crippen molar-refractivity contribution >= 4 is 17.5 Å². The van der Waals surface area contributed by atoms with Gasteiger partial charge in [-0.25, -0.2) is 0 Å². The molecule has 0 amide bonds. The quantitative estimate of drug-likeness (QED) is 0.455. The number of benzene rings is 1. The van der Waals surface area contributed by atoms with Crippen molar-refractivity contribution in [2.75, 3.05) is 6.54 Å². The van der Waals surface area contributed by atoms with Gasteiger partial charge in [0, 0.05) is 22.6 Å². The second-order valence-corrected chi connectivity index (χ2v) is 3.89. The van der Waals surface area contributed by atoms with Gasteiger partial charge in [0.2, 0.25) is 11.6 Å². The predicted octanol–water partition coefficient (Wildman–Crippen LogP) is 0.131. The highest BCUT2D eigenvalue weighted by atomic mass is 16.6. The first-order valence-electron chi connectivity index (χ1n) is 5.63. The van der Waals surface area contributed by atoms with E-state index in [9.17, 15) is 24.5 Å². The molecule has 0 bridgehead atoms. The Labute approximate surface area is 113 Å². The van der Waals surface area contributed by atoms with Gasteiger partial charge in [0.15, 0.2) is 0 Å². The summed E-state index contributed by atoms with van der Waals surface area (Å²) >= 11 is 0. The first-order valence-corrected chi connectivity index (χ1v) is 5.63. The van der Waals surface area contributed by atoms with Crippen molar-refractivity contribution in [3.63, 3.8) is 0 Å². The van der Waals surface area contributed by atoms with Crippen LogP contribution in [-0.2, 0) is 4.79 Å². The lowest BCUT2D eigenvalue weighted by Crippen LogP contribution is -2.31. The third kappa shape index (κ3) is 3.23. The Balaban J connectivity index is 0.000000286. The van der Waals surface area contributed by atoms with Crippen LogP contribution in [0.2, 0.25) is 0 Å². The largest absolute Gasteiger partial charge is 0.481 e. The molecule has 8 nitrogen and oxygen atoms in total. The van der Waals surface area contributed by atoms with E-state index in [4.69, 9.17) is 10.8 Å². The van der Waals surface area contributed by atoms with Crippen molar-refractivity contribution in [3.05, 3.63) is 45.5 Å². The molecular formula is C12H12N2O6. The molecule has 20 heavy (non-hydrogen) atoms. The average Bonchev–Trinajstić information content (AvgIpc) is 2.63. The number of carbonyl (C=O) groups excluding carboxylic acids is 2. The van der Waals surface area contributed by atoms with Crippen molar-refractivity contribution in [1.29, 1.82) is 0 Å². The van der Waals surface area contributed by atoms with Crippen molar-refractivity contribution in [1.82, 2.24) is 0 Å². The number of carbonyl (C=O) groups is 3. The minimum absolute atomic E-state index is 0.0694. The molecule has 0 atom stereocenters. The lowest BCUT2D eigenvalue weighted by Gasteiger charge is -1.94. The summed E-state index contributed by atoms with van der Waals surface area (Å²) < 4.78 is 0. The minimum atomic E-state index is -1.73. The zero-order valence-electron chi connectivity index (χ0n) is 10.3. The molecule has 1 aliphatic carbocycles. The van der Waals surface area contributed by atoms with E-state index >= 15 is 0 Å². The molecule has 0 spiro atoms. The number of carboxylic acid groups (broad SMARTS) is 1. The van der Waals surface area contributed by atoms with Gasteiger partial charge in [-0.2, -0.15) is 0 Å². The third-order valence-corrected chi connectivity index (χ3v) is 2.52. The van der Waals surface area contributed by atoms with Crippen LogP contribution in [0.4, 0.5) is 0 Å². The molecule has 0 heterocycles. The molecule has 106 valence electrons. The Morgan fingerprint density at radius 3 is 1.95 bits per heavy atom. The fourth-order valence-corrected chi connectivity index (χ4v) is 1.64. The molecule has 1 aromatic rings. The van der Waals surface area contributed by atoms with E-state index in [1.54, 1.807) is 12.1 Å². The summed E-state index contributed by atoms with van der Waals surface area (Å²) in [4.78, 5) is 41.9. The number of hydrogen-bond acceptors (Lipinski definition) is 6. The summed E-state index contributed by atoms with van der Waals surface area (Å²) in [5.74, 6) is -2.26. The summed E-state index contributed by atoms with van der Waals surface area (Å²) in [5.41, 5.74) is 5.15. The van der Waals surface area contributed by atoms with E-state index in [1.165, 1.54) is 12.1 Å². The van der Waals surface area contributed by atoms with Crippen LogP contribution in [0.5, 0.6) is 0 Å². The van der Waals surface area contributed by atoms with E-state index in [-0.39, 0.29) is 24.1 Å². The van der Waals surface area contributed by atoms with E-state index in [2.05, 4.69) is 0 Å². The summed E-state index contributed by atoms with van der Waals surface area (Å²) in [6.45, 7) is 0.231. The summed E-state index contributed by atoms with van der Waals surface area (Å²) in [6, 6.07) is 4.28. The number of Topliss-reactive ketones (excluding diaryl/α,β-unsaturated/α-hetero) is 2. The Morgan fingerprint density at radius 1 is 1.25 bits per heavy atom. The second-order valence-electron chi connectivity index (χ2n) is 3.89. The predicted molar refractivity (Wildman–Crippen MR) is 67.2 cm³/mol. The normalized spacial score (nSPS) is 13.4. The fraction of sp³-hybridized carbons (Fsp3) is 0.250. The summed E-state index contributed by atoms with van der Waals surface area (Å²) in [5, 5.41) is 18.3. The zero-order chi connectivity index (χ0) is 15.3. The number of rotatable bonds is 3. The standard InChI is InChI=1S/C9H5NO4.C3H7NO2/c11-8-5-3-1-2-4-6(5)9(12)7(8)10(13)14;4-2-1-3(5)6/h1-4,7H;1-2,4H2,(H,5,6). The van der Waals surface area contributed by atoms with Gasteiger partial charge in [-0.15, -0.1) is 0 Å². The van der Waals surface area contributed by atoms with E-state index < -0.39 is 28.5 Å². The van der Waals surface area contributed by atoms with Gasteiger partial charge in [-0.3, -0.25) is 24.5 Å². The van der Waals surface area contributed by atoms with E-state index in [0.717, 1.165) is 0 Å². The number of hydrogen-bond donors (Lipinski definition) is 2. The molecule has 2 rings (SSSR count). The molecule has 8 heteroatoms. The van der Waals surface area contributed by atoms with Gasteiger partial charge in [0.05, 0.1) is 6.42 Å². The molecule has 0 aliphatic heterocycles. The Morgan fingerprint density at radius 2 is 1.70 bits per heavy atom. The monoisotopic (exact) mass is 280 g/mol. The maximum absolute atomic E-state index is 11.4. The van der Waals surface area contributed by atoms with Crippen LogP contribution < -0.4 is 5.73 Å². The van der Waals surface area contributed by atoms with Crippen molar-refractivity contribution < 1.29 is 24.4 Å². The molecule has 1 aromatic carbocycles. The summed E-state index contributed by atoms with van der Waals surface area (Å²) in [6.07, 6.45) is 0.0694. The van der Waals surface area contributed by atoms with E-state index in [0.29, 0.717) is 0 Å². The highest BCUT2D eigenvalue weighted by Crippen LogP contribution is 2.23. The molecule has 0 fully saturated rings. The van der Waals surface area contributed by atoms with Crippen molar-refractivity contribution in [2.24, 2.45) is 5.73 Å². The highest BCUT2D eigenvalue weighted by Gasteiger charge is 2.47. The maximum atomic E-state index is 11.4. The first kappa shape index (κ1) is 15.4. The second kappa shape index (κ2) is 6.53. The molecule has 0 saturated heterocycles. The van der Waals surface area contributed by atoms with Gasteiger partial charge in [0.25, 0.3) is 0 Å². The maximum Gasteiger partial charge on any atom is 0.336 e. The molecule has 0 aromatic heterocycles. The van der Waals surface area contributed by atoms with Gasteiger partial charge < -0.3 is 10.8 Å². The molecule has 0 unspecified atom stereocenters. The molecule has 0 radical (unpaired) electrons. The van der Waals surface area contributed by atoms with Crippen LogP contribution in [0.3, 0.4) is 0 Å². The van der Waals surface area contributed by atoms with Gasteiger partial charge in [-0.05, 0) is 0 Å². The lowest BCUT2D eigenvalue weighted by molar-refractivity contribution is -0.488. The number of aliphatic carboxylic acids is 1. The highest BCUT2D eigenvalue weighted by molar-refractivity contribution is 6.28. The zero-order valence-corrected chi connectivity index (χ0v) is 10.3. The van der Waals surface area contributed by atoms with Crippen LogP contribution in [0.15, 0.2) is 24.3 Å². The molecular weight excluding hydrogens is 268 g/mol. The number of nitrogens with two attached hydrogens (primary N) is 1. The topological polar surface area (TPSA) is 141 Å². The fourth-order valence-electron chi connectivity index (χ4n) is 1.64. The SMILES string of the molecule is NCCC(=O)O.O=C1c2ccccc2C(=O)C1[N+](=O)[O-]. The number of ketones is 2. The number of nitrogens with zero attached hydrogens (tertiary/aromatic N) is 1. The number of nitro groups is 1. The van der Waals surface area contributed by atoms with Crippen molar-refractivity contribution in [3.8, 4) is 0 Å². The molecule has 1 aliphatic rings. The van der Waals surface area contributed by atoms with E-state index in [1.807, 2.05) is 0 Å². The number of fused-ring (bicyclic) bond motifs is 1. The Kier molecular flexibility index (Phi) is 5.04. The third-order valence-electron chi connectivity index (χ3n) is 2.52. The Bertz CT molecular complexity index is 534. The van der Waals surface area contributed by atoms with Crippen LogP contribution >= 0.6 is 0 Å². The summed E-state index contributed by atoms with van der Waals surface area (Å²) in [7, 11) is 0. The lowest BCUT2D eigenvalue weighted by atomic mass is 10.1.